The van der Waals surface area contributed by atoms with Gasteiger partial charge in [0.05, 0.1) is 11.6 Å². The third-order valence-corrected chi connectivity index (χ3v) is 7.12. The Morgan fingerprint density at radius 1 is 1.13 bits per heavy atom. The molecule has 0 unspecified atom stereocenters. The number of anilines is 1. The highest BCUT2D eigenvalue weighted by Crippen LogP contribution is 2.30. The Bertz CT molecular complexity index is 1060. The van der Waals surface area contributed by atoms with Crippen LogP contribution in [0.1, 0.15) is 16.8 Å². The van der Waals surface area contributed by atoms with Crippen LogP contribution in [0.2, 0.25) is 0 Å². The topological polar surface area (TPSA) is 72.3 Å². The Morgan fingerprint density at radius 3 is 2.45 bits per heavy atom. The highest BCUT2D eigenvalue weighted by molar-refractivity contribution is 8.01. The van der Waals surface area contributed by atoms with Crippen LogP contribution in [0.4, 0.5) is 10.5 Å². The average molecular weight is 450 g/mol. The lowest BCUT2D eigenvalue weighted by Gasteiger charge is -2.34. The van der Waals surface area contributed by atoms with Crippen molar-refractivity contribution in [3.8, 4) is 6.07 Å². The second-order valence-corrected chi connectivity index (χ2v) is 9.56. The van der Waals surface area contributed by atoms with E-state index < -0.39 is 0 Å². The molecule has 1 aliphatic rings. The molecule has 0 atom stereocenters. The molecule has 0 radical (unpaired) electrons. The van der Waals surface area contributed by atoms with Crippen molar-refractivity contribution in [3.63, 3.8) is 0 Å². The number of aromatic nitrogens is 1. The summed E-state index contributed by atoms with van der Waals surface area (Å²) in [5, 5.41) is 13.9. The maximum absolute atomic E-state index is 12.6. The summed E-state index contributed by atoms with van der Waals surface area (Å²) < 4.78 is 1.02. The monoisotopic (exact) mass is 449 g/mol. The van der Waals surface area contributed by atoms with Crippen molar-refractivity contribution in [3.05, 3.63) is 70.7 Å². The molecular weight excluding hydrogens is 426 g/mol. The Labute approximate surface area is 190 Å². The first-order valence-electron chi connectivity index (χ1n) is 10.1. The van der Waals surface area contributed by atoms with Crippen LogP contribution in [0, 0.1) is 18.3 Å². The number of thiazole rings is 1. The van der Waals surface area contributed by atoms with Crippen LogP contribution < -0.4 is 5.32 Å². The Balaban J connectivity index is 1.24. The summed E-state index contributed by atoms with van der Waals surface area (Å²) in [7, 11) is 0. The molecule has 0 aliphatic carbocycles. The highest BCUT2D eigenvalue weighted by atomic mass is 32.2. The van der Waals surface area contributed by atoms with E-state index >= 15 is 0 Å². The number of carbonyl (C=O) groups is 1. The second-order valence-electron chi connectivity index (χ2n) is 7.38. The first kappa shape index (κ1) is 21.4. The number of aryl methyl sites for hydroxylation is 1. The lowest BCUT2D eigenvalue weighted by Crippen LogP contribution is -2.49. The summed E-state index contributed by atoms with van der Waals surface area (Å²) in [4.78, 5) is 22.4. The number of nitrogens with zero attached hydrogens (tertiary/aromatic N) is 4. The standard InChI is InChI=1S/C23H23N5OS2/c1-17-16-30-23(25-17)31-21-8-6-20(7-9-21)26-22(29)28-12-10-27(11-13-28)15-19-4-2-18(14-24)3-5-19/h2-9,16H,10-13,15H2,1H3,(H,26,29). The van der Waals surface area contributed by atoms with Gasteiger partial charge >= 0.3 is 6.03 Å². The molecule has 1 N–H and O–H groups in total. The van der Waals surface area contributed by atoms with Gasteiger partial charge in [-0.3, -0.25) is 4.90 Å². The normalized spacial score (nSPS) is 14.3. The molecule has 2 aromatic carbocycles. The zero-order chi connectivity index (χ0) is 21.6. The largest absolute Gasteiger partial charge is 0.322 e. The van der Waals surface area contributed by atoms with Gasteiger partial charge in [-0.25, -0.2) is 9.78 Å². The summed E-state index contributed by atoms with van der Waals surface area (Å²) in [5.74, 6) is 0. The third-order valence-electron chi connectivity index (χ3n) is 5.06. The average Bonchev–Trinajstić information content (AvgIpc) is 3.20. The lowest BCUT2D eigenvalue weighted by atomic mass is 10.1. The molecule has 6 nitrogen and oxygen atoms in total. The van der Waals surface area contributed by atoms with Crippen molar-refractivity contribution in [1.82, 2.24) is 14.8 Å². The maximum Gasteiger partial charge on any atom is 0.321 e. The molecule has 0 spiro atoms. The van der Waals surface area contributed by atoms with E-state index in [-0.39, 0.29) is 6.03 Å². The van der Waals surface area contributed by atoms with E-state index in [9.17, 15) is 4.79 Å². The Hall–Kier alpha value is -2.86. The van der Waals surface area contributed by atoms with E-state index in [0.29, 0.717) is 18.7 Å². The molecular formula is C23H23N5OS2. The first-order valence-corrected chi connectivity index (χ1v) is 11.8. The van der Waals surface area contributed by atoms with Crippen LogP contribution in [-0.4, -0.2) is 47.0 Å². The summed E-state index contributed by atoms with van der Waals surface area (Å²) in [6.45, 7) is 5.87. The van der Waals surface area contributed by atoms with E-state index in [1.807, 2.05) is 65.7 Å². The number of nitriles is 1. The maximum atomic E-state index is 12.6. The Morgan fingerprint density at radius 2 is 1.84 bits per heavy atom. The van der Waals surface area contributed by atoms with Crippen molar-refractivity contribution < 1.29 is 4.79 Å². The first-order chi connectivity index (χ1) is 15.1. The number of nitrogens with one attached hydrogen (secondary N) is 1. The summed E-state index contributed by atoms with van der Waals surface area (Å²) in [6.07, 6.45) is 0. The number of rotatable bonds is 5. The molecule has 158 valence electrons. The molecule has 1 saturated heterocycles. The van der Waals surface area contributed by atoms with Crippen LogP contribution in [0.25, 0.3) is 0 Å². The summed E-state index contributed by atoms with van der Waals surface area (Å²) >= 11 is 3.27. The molecule has 1 aliphatic heterocycles. The molecule has 0 bridgehead atoms. The number of hydrogen-bond acceptors (Lipinski definition) is 6. The van der Waals surface area contributed by atoms with Gasteiger partial charge in [-0.1, -0.05) is 23.9 Å². The number of carbonyl (C=O) groups excluding carboxylic acids is 1. The predicted molar refractivity (Wildman–Crippen MR) is 124 cm³/mol. The number of amides is 2. The minimum Gasteiger partial charge on any atom is -0.322 e. The van der Waals surface area contributed by atoms with Crippen molar-refractivity contribution in [2.75, 3.05) is 31.5 Å². The molecule has 8 heteroatoms. The molecule has 1 aromatic heterocycles. The van der Waals surface area contributed by atoms with Gasteiger partial charge in [-0.2, -0.15) is 5.26 Å². The zero-order valence-electron chi connectivity index (χ0n) is 17.2. The zero-order valence-corrected chi connectivity index (χ0v) is 18.9. The molecule has 3 aromatic rings. The van der Waals surface area contributed by atoms with Gasteiger partial charge in [0.1, 0.15) is 0 Å². The van der Waals surface area contributed by atoms with E-state index in [1.165, 1.54) is 5.56 Å². The fourth-order valence-electron chi connectivity index (χ4n) is 3.34. The lowest BCUT2D eigenvalue weighted by molar-refractivity contribution is 0.143. The number of urea groups is 1. The van der Waals surface area contributed by atoms with Crippen molar-refractivity contribution in [2.45, 2.75) is 22.7 Å². The van der Waals surface area contributed by atoms with Crippen LogP contribution in [0.15, 0.2) is 63.1 Å². The van der Waals surface area contributed by atoms with Crippen molar-refractivity contribution in [2.24, 2.45) is 0 Å². The second kappa shape index (κ2) is 9.96. The molecule has 2 heterocycles. The van der Waals surface area contributed by atoms with Crippen LogP contribution in [0.3, 0.4) is 0 Å². The quantitative estimate of drug-likeness (QED) is 0.604. The van der Waals surface area contributed by atoms with Gasteiger partial charge in [0, 0.05) is 54.4 Å². The van der Waals surface area contributed by atoms with Crippen LogP contribution >= 0.6 is 23.1 Å². The van der Waals surface area contributed by atoms with Crippen LogP contribution in [-0.2, 0) is 6.54 Å². The number of hydrogen-bond donors (Lipinski definition) is 1. The van der Waals surface area contributed by atoms with Crippen LogP contribution in [0.5, 0.6) is 0 Å². The Kier molecular flexibility index (Phi) is 6.87. The molecule has 4 rings (SSSR count). The smallest absolute Gasteiger partial charge is 0.321 e. The van der Waals surface area contributed by atoms with E-state index in [4.69, 9.17) is 5.26 Å². The predicted octanol–water partition coefficient (Wildman–Crippen LogP) is 4.82. The van der Waals surface area contributed by atoms with E-state index in [1.54, 1.807) is 23.1 Å². The minimum atomic E-state index is -0.0611. The SMILES string of the molecule is Cc1csc(Sc2ccc(NC(=O)N3CCN(Cc4ccc(C#N)cc4)CC3)cc2)n1. The summed E-state index contributed by atoms with van der Waals surface area (Å²) in [5.41, 5.74) is 3.69. The molecule has 31 heavy (non-hydrogen) atoms. The van der Waals surface area contributed by atoms with E-state index in [2.05, 4.69) is 21.3 Å². The molecule has 0 saturated carbocycles. The third kappa shape index (κ3) is 5.85. The number of benzene rings is 2. The van der Waals surface area contributed by atoms with Crippen molar-refractivity contribution >= 4 is 34.8 Å². The summed E-state index contributed by atoms with van der Waals surface area (Å²) in [6, 6.07) is 17.6. The van der Waals surface area contributed by atoms with E-state index in [0.717, 1.165) is 40.3 Å². The van der Waals surface area contributed by atoms with Gasteiger partial charge in [-0.15, -0.1) is 11.3 Å². The minimum absolute atomic E-state index is 0.0611. The van der Waals surface area contributed by atoms with Gasteiger partial charge in [0.15, 0.2) is 4.34 Å². The fraction of sp³-hybridized carbons (Fsp3) is 0.261. The van der Waals surface area contributed by atoms with Crippen molar-refractivity contribution in [1.29, 1.82) is 5.26 Å². The molecule has 2 amide bonds. The van der Waals surface area contributed by atoms with Gasteiger partial charge in [0.25, 0.3) is 0 Å². The fourth-order valence-corrected chi connectivity index (χ4v) is 5.15. The van der Waals surface area contributed by atoms with Gasteiger partial charge in [-0.05, 0) is 48.9 Å². The number of piperazine rings is 1. The van der Waals surface area contributed by atoms with Gasteiger partial charge < -0.3 is 10.2 Å². The van der Waals surface area contributed by atoms with Gasteiger partial charge in [0.2, 0.25) is 0 Å². The molecule has 1 fully saturated rings. The highest BCUT2D eigenvalue weighted by Gasteiger charge is 2.21.